The van der Waals surface area contributed by atoms with Crippen LogP contribution in [0.2, 0.25) is 0 Å². The number of hydrogen-bond acceptors (Lipinski definition) is 4. The van der Waals surface area contributed by atoms with Crippen LogP contribution in [0.4, 0.5) is 5.69 Å². The van der Waals surface area contributed by atoms with Crippen LogP contribution >= 0.6 is 11.8 Å². The van der Waals surface area contributed by atoms with Crippen LogP contribution in [0.1, 0.15) is 11.3 Å². The number of thioether (sulfide) groups is 1. The second-order valence-electron chi connectivity index (χ2n) is 4.84. The molecule has 2 N–H and O–H groups in total. The molecule has 4 heteroatoms. The first-order chi connectivity index (χ1) is 10.2. The molecule has 0 radical (unpaired) electrons. The molecule has 3 aromatic rings. The number of hydrogen-bond donors (Lipinski definition) is 1. The van der Waals surface area contributed by atoms with E-state index in [0.717, 1.165) is 27.6 Å². The van der Waals surface area contributed by atoms with Crippen LogP contribution < -0.4 is 5.73 Å². The van der Waals surface area contributed by atoms with Crippen molar-refractivity contribution in [3.05, 3.63) is 66.1 Å². The van der Waals surface area contributed by atoms with Gasteiger partial charge in [0.25, 0.3) is 0 Å². The fourth-order valence-electron chi connectivity index (χ4n) is 2.00. The highest BCUT2D eigenvalue weighted by Gasteiger charge is 2.08. The van der Waals surface area contributed by atoms with E-state index in [1.807, 2.05) is 42.5 Å². The van der Waals surface area contributed by atoms with Gasteiger partial charge >= 0.3 is 0 Å². The summed E-state index contributed by atoms with van der Waals surface area (Å²) in [6, 6.07) is 16.0. The van der Waals surface area contributed by atoms with Crippen molar-refractivity contribution in [3.63, 3.8) is 0 Å². The predicted molar refractivity (Wildman–Crippen MR) is 87.1 cm³/mol. The van der Waals surface area contributed by atoms with Crippen molar-refractivity contribution in [2.24, 2.45) is 0 Å². The molecule has 0 fully saturated rings. The average Bonchev–Trinajstić information content (AvgIpc) is 2.98. The molecule has 0 spiro atoms. The van der Waals surface area contributed by atoms with E-state index in [1.54, 1.807) is 18.0 Å². The monoisotopic (exact) mass is 296 g/mol. The summed E-state index contributed by atoms with van der Waals surface area (Å²) in [4.78, 5) is 5.60. The standard InChI is InChI=1S/C17H16N2OS/c1-12-7-8-15(18)16(9-12)21-11-14-10-20-17(19-14)13-5-3-2-4-6-13/h2-10H,11,18H2,1H3. The number of aryl methyl sites for hydroxylation is 1. The van der Waals surface area contributed by atoms with Crippen molar-refractivity contribution in [1.82, 2.24) is 4.98 Å². The molecule has 3 rings (SSSR count). The normalized spacial score (nSPS) is 10.7. The second-order valence-corrected chi connectivity index (χ2v) is 5.86. The number of aromatic nitrogens is 1. The summed E-state index contributed by atoms with van der Waals surface area (Å²) >= 11 is 1.68. The smallest absolute Gasteiger partial charge is 0.226 e. The first-order valence-electron chi connectivity index (χ1n) is 6.71. The van der Waals surface area contributed by atoms with Gasteiger partial charge in [-0.3, -0.25) is 0 Å². The van der Waals surface area contributed by atoms with Crippen LogP contribution in [-0.4, -0.2) is 4.98 Å². The highest BCUT2D eigenvalue weighted by atomic mass is 32.2. The Morgan fingerprint density at radius 2 is 1.95 bits per heavy atom. The van der Waals surface area contributed by atoms with E-state index in [4.69, 9.17) is 10.2 Å². The maximum Gasteiger partial charge on any atom is 0.226 e. The Hall–Kier alpha value is -2.20. The first kappa shape index (κ1) is 13.8. The number of anilines is 1. The molecule has 0 aliphatic rings. The van der Waals surface area contributed by atoms with Crippen LogP contribution in [0, 0.1) is 6.92 Å². The molecule has 0 saturated carbocycles. The Balaban J connectivity index is 1.72. The molecule has 21 heavy (non-hydrogen) atoms. The molecule has 0 amide bonds. The largest absolute Gasteiger partial charge is 0.444 e. The predicted octanol–water partition coefficient (Wildman–Crippen LogP) is 4.52. The van der Waals surface area contributed by atoms with Crippen LogP contribution in [0.25, 0.3) is 11.5 Å². The number of nitrogen functional groups attached to an aromatic ring is 1. The second kappa shape index (κ2) is 6.06. The van der Waals surface area contributed by atoms with E-state index in [0.29, 0.717) is 5.89 Å². The van der Waals surface area contributed by atoms with Gasteiger partial charge in [-0.15, -0.1) is 11.8 Å². The molecule has 0 bridgehead atoms. The van der Waals surface area contributed by atoms with E-state index < -0.39 is 0 Å². The summed E-state index contributed by atoms with van der Waals surface area (Å²) < 4.78 is 5.54. The lowest BCUT2D eigenvalue weighted by Gasteiger charge is -2.04. The van der Waals surface area contributed by atoms with Crippen molar-refractivity contribution in [2.45, 2.75) is 17.6 Å². The maximum atomic E-state index is 5.99. The van der Waals surface area contributed by atoms with E-state index in [2.05, 4.69) is 18.0 Å². The van der Waals surface area contributed by atoms with E-state index in [1.165, 1.54) is 5.56 Å². The highest BCUT2D eigenvalue weighted by Crippen LogP contribution is 2.29. The summed E-state index contributed by atoms with van der Waals surface area (Å²) in [5.74, 6) is 1.40. The summed E-state index contributed by atoms with van der Waals surface area (Å²) in [5.41, 5.74) is 9.90. The molecule has 3 nitrogen and oxygen atoms in total. The molecule has 0 aliphatic heterocycles. The number of benzene rings is 2. The topological polar surface area (TPSA) is 52.0 Å². The summed E-state index contributed by atoms with van der Waals surface area (Å²) in [6.07, 6.45) is 1.71. The lowest BCUT2D eigenvalue weighted by atomic mass is 10.2. The maximum absolute atomic E-state index is 5.99. The van der Waals surface area contributed by atoms with Gasteiger partial charge in [0, 0.05) is 21.9 Å². The van der Waals surface area contributed by atoms with E-state index in [9.17, 15) is 0 Å². The van der Waals surface area contributed by atoms with Crippen molar-refractivity contribution in [2.75, 3.05) is 5.73 Å². The third-order valence-corrected chi connectivity index (χ3v) is 4.22. The van der Waals surface area contributed by atoms with Crippen LogP contribution in [-0.2, 0) is 5.75 Å². The summed E-state index contributed by atoms with van der Waals surface area (Å²) in [5, 5.41) is 0. The number of rotatable bonds is 4. The van der Waals surface area contributed by atoms with E-state index >= 15 is 0 Å². The van der Waals surface area contributed by atoms with Gasteiger partial charge in [0.1, 0.15) is 6.26 Å². The SMILES string of the molecule is Cc1ccc(N)c(SCc2coc(-c3ccccc3)n2)c1. The molecule has 0 aliphatic carbocycles. The summed E-state index contributed by atoms with van der Waals surface area (Å²) in [7, 11) is 0. The molecule has 1 aromatic heterocycles. The zero-order chi connectivity index (χ0) is 14.7. The zero-order valence-electron chi connectivity index (χ0n) is 11.7. The van der Waals surface area contributed by atoms with Crippen LogP contribution in [0.15, 0.2) is 64.1 Å². The quantitative estimate of drug-likeness (QED) is 0.568. The lowest BCUT2D eigenvalue weighted by molar-refractivity contribution is 0.573. The Labute approximate surface area is 128 Å². The molecule has 106 valence electrons. The molecular formula is C17H16N2OS. The van der Waals surface area contributed by atoms with Crippen molar-refractivity contribution >= 4 is 17.4 Å². The minimum Gasteiger partial charge on any atom is -0.444 e. The Kier molecular flexibility index (Phi) is 3.97. The van der Waals surface area contributed by atoms with Crippen LogP contribution in [0.5, 0.6) is 0 Å². The number of nitrogens with two attached hydrogens (primary N) is 1. The van der Waals surface area contributed by atoms with Gasteiger partial charge in [-0.1, -0.05) is 24.3 Å². The highest BCUT2D eigenvalue weighted by molar-refractivity contribution is 7.98. The number of nitrogens with zero attached hydrogens (tertiary/aromatic N) is 1. The molecule has 0 atom stereocenters. The fraction of sp³-hybridized carbons (Fsp3) is 0.118. The zero-order valence-corrected chi connectivity index (χ0v) is 12.6. The molecule has 0 unspecified atom stereocenters. The minimum absolute atomic E-state index is 0.656. The van der Waals surface area contributed by atoms with Gasteiger partial charge in [0.2, 0.25) is 5.89 Å². The Morgan fingerprint density at radius 3 is 2.76 bits per heavy atom. The average molecular weight is 296 g/mol. The Bertz CT molecular complexity index is 738. The van der Waals surface area contributed by atoms with Gasteiger partial charge in [0.05, 0.1) is 5.69 Å². The Morgan fingerprint density at radius 1 is 1.14 bits per heavy atom. The third kappa shape index (κ3) is 3.28. The molecule has 1 heterocycles. The lowest BCUT2D eigenvalue weighted by Crippen LogP contribution is -1.90. The van der Waals surface area contributed by atoms with Gasteiger partial charge in [0.15, 0.2) is 0 Å². The van der Waals surface area contributed by atoms with E-state index in [-0.39, 0.29) is 0 Å². The number of oxazole rings is 1. The van der Waals surface area contributed by atoms with Gasteiger partial charge in [-0.2, -0.15) is 0 Å². The summed E-state index contributed by atoms with van der Waals surface area (Å²) in [6.45, 7) is 2.06. The van der Waals surface area contributed by atoms with Crippen molar-refractivity contribution in [1.29, 1.82) is 0 Å². The third-order valence-electron chi connectivity index (χ3n) is 3.12. The molecular weight excluding hydrogens is 280 g/mol. The van der Waals surface area contributed by atoms with Gasteiger partial charge < -0.3 is 10.2 Å². The minimum atomic E-state index is 0.656. The molecule has 2 aromatic carbocycles. The fourth-order valence-corrected chi connectivity index (χ4v) is 2.94. The van der Waals surface area contributed by atoms with Gasteiger partial charge in [-0.25, -0.2) is 4.98 Å². The van der Waals surface area contributed by atoms with Crippen LogP contribution in [0.3, 0.4) is 0 Å². The van der Waals surface area contributed by atoms with Crippen molar-refractivity contribution < 1.29 is 4.42 Å². The van der Waals surface area contributed by atoms with Gasteiger partial charge in [-0.05, 0) is 36.8 Å². The van der Waals surface area contributed by atoms with Crippen molar-refractivity contribution in [3.8, 4) is 11.5 Å². The first-order valence-corrected chi connectivity index (χ1v) is 7.70. The molecule has 0 saturated heterocycles.